The van der Waals surface area contributed by atoms with Gasteiger partial charge in [0, 0.05) is 10.2 Å². The molecule has 2 amide bonds. The molecular weight excluding hydrogens is 446 g/mol. The van der Waals surface area contributed by atoms with E-state index in [4.69, 9.17) is 9.88 Å². The van der Waals surface area contributed by atoms with Gasteiger partial charge < -0.3 is 10.1 Å². The van der Waals surface area contributed by atoms with Gasteiger partial charge in [-0.1, -0.05) is 15.9 Å². The van der Waals surface area contributed by atoms with Crippen molar-refractivity contribution in [2.75, 3.05) is 11.9 Å². The van der Waals surface area contributed by atoms with Gasteiger partial charge in [0.2, 0.25) is 5.88 Å². The highest BCUT2D eigenvalue weighted by Gasteiger charge is 2.31. The third kappa shape index (κ3) is 2.61. The smallest absolute Gasteiger partial charge is 0.354 e. The molecule has 28 heavy (non-hydrogen) atoms. The van der Waals surface area contributed by atoms with E-state index in [1.54, 1.807) is 4.68 Å². The van der Waals surface area contributed by atoms with Gasteiger partial charge in [-0.2, -0.15) is 5.10 Å². The molecule has 1 aliphatic heterocycles. The zero-order chi connectivity index (χ0) is 19.6. The zero-order valence-electron chi connectivity index (χ0n) is 15.3. The molecule has 2 aromatic rings. The van der Waals surface area contributed by atoms with Gasteiger partial charge >= 0.3 is 6.03 Å². The van der Waals surface area contributed by atoms with Crippen LogP contribution in [0.1, 0.15) is 41.6 Å². The summed E-state index contributed by atoms with van der Waals surface area (Å²) in [6.07, 6.45) is 6.25. The number of rotatable bonds is 2. The average molecular weight is 466 g/mol. The van der Waals surface area contributed by atoms with E-state index in [2.05, 4.69) is 30.7 Å². The highest BCUT2D eigenvalue weighted by Crippen LogP contribution is 2.45. The van der Waals surface area contributed by atoms with Crippen LogP contribution >= 0.6 is 15.9 Å². The predicted octanol–water partition coefficient (Wildman–Crippen LogP) is 3.12. The van der Waals surface area contributed by atoms with Crippen molar-refractivity contribution in [1.29, 1.82) is 0 Å². The maximum absolute atomic E-state index is 13.0. The molecule has 2 heterocycles. The first kappa shape index (κ1) is 18.1. The highest BCUT2D eigenvalue weighted by atomic mass is 79.9. The number of hydrogen-bond acceptors (Lipinski definition) is 4. The van der Waals surface area contributed by atoms with Crippen molar-refractivity contribution < 1.29 is 13.7 Å². The lowest BCUT2D eigenvalue weighted by molar-refractivity contribution is 0.260. The van der Waals surface area contributed by atoms with Gasteiger partial charge in [-0.05, 0) is 61.3 Å². The standard InChI is InChI=1S/C18H20BrN5O3S/c1-9-8-27-17-14(7-21-24(9)17)28(20,26)23-18(25)22-16-12-4-2-3-10(12)15(19)11-5-6-13(11)16/h7,9H,2-6,8H2,1H3,(H3,20,22,23,25,26)/t9-,28?/m1/s1. The summed E-state index contributed by atoms with van der Waals surface area (Å²) in [5.41, 5.74) is 5.63. The zero-order valence-corrected chi connectivity index (χ0v) is 17.7. The maximum Gasteiger partial charge on any atom is 0.354 e. The number of hydrogen-bond donors (Lipinski definition) is 2. The van der Waals surface area contributed by atoms with Gasteiger partial charge in [0.05, 0.1) is 12.2 Å². The van der Waals surface area contributed by atoms with E-state index in [0.717, 1.165) is 48.9 Å². The number of nitrogens with two attached hydrogens (primary N) is 1. The van der Waals surface area contributed by atoms with E-state index >= 15 is 0 Å². The highest BCUT2D eigenvalue weighted by molar-refractivity contribution is 9.10. The SMILES string of the molecule is C[C@@H]1COc2c(S(N)(=O)=NC(=O)Nc3c4c(c(Br)c5c3CC5)CCC4)cnn21. The van der Waals surface area contributed by atoms with E-state index in [-0.39, 0.29) is 10.9 Å². The van der Waals surface area contributed by atoms with Gasteiger partial charge in [-0.25, -0.2) is 18.8 Å². The minimum Gasteiger partial charge on any atom is -0.475 e. The Morgan fingerprint density at radius 3 is 2.75 bits per heavy atom. The molecule has 1 unspecified atom stereocenters. The lowest BCUT2D eigenvalue weighted by Crippen LogP contribution is -2.21. The molecule has 8 nitrogen and oxygen atoms in total. The van der Waals surface area contributed by atoms with Crippen molar-refractivity contribution in [3.8, 4) is 5.88 Å². The van der Waals surface area contributed by atoms with Crippen molar-refractivity contribution in [2.24, 2.45) is 9.50 Å². The molecule has 2 aliphatic carbocycles. The molecule has 5 rings (SSSR count). The van der Waals surface area contributed by atoms with Crippen molar-refractivity contribution in [3.05, 3.63) is 32.9 Å². The molecule has 0 bridgehead atoms. The number of fused-ring (bicyclic) bond motifs is 3. The Morgan fingerprint density at radius 1 is 1.32 bits per heavy atom. The van der Waals surface area contributed by atoms with Crippen LogP contribution in [-0.4, -0.2) is 26.6 Å². The fraction of sp³-hybridized carbons (Fsp3) is 0.444. The maximum atomic E-state index is 13.0. The van der Waals surface area contributed by atoms with Gasteiger partial charge in [0.25, 0.3) is 0 Å². The van der Waals surface area contributed by atoms with E-state index in [0.29, 0.717) is 12.5 Å². The first-order valence-electron chi connectivity index (χ1n) is 9.28. The first-order chi connectivity index (χ1) is 13.4. The fourth-order valence-electron chi connectivity index (χ4n) is 4.23. The largest absolute Gasteiger partial charge is 0.475 e. The van der Waals surface area contributed by atoms with Crippen molar-refractivity contribution >= 4 is 37.6 Å². The number of carbonyl (C=O) groups is 1. The van der Waals surface area contributed by atoms with Crippen LogP contribution in [0, 0.1) is 0 Å². The lowest BCUT2D eigenvalue weighted by Gasteiger charge is -2.27. The average Bonchev–Trinajstić information content (AvgIpc) is 3.29. The molecule has 0 saturated heterocycles. The predicted molar refractivity (Wildman–Crippen MR) is 108 cm³/mol. The summed E-state index contributed by atoms with van der Waals surface area (Å²) in [5, 5.41) is 13.0. The Hall–Kier alpha value is -1.91. The Morgan fingerprint density at radius 2 is 2.00 bits per heavy atom. The van der Waals surface area contributed by atoms with E-state index < -0.39 is 15.9 Å². The summed E-state index contributed by atoms with van der Waals surface area (Å²) in [7, 11) is -3.47. The van der Waals surface area contributed by atoms with Crippen LogP contribution in [0.4, 0.5) is 10.5 Å². The summed E-state index contributed by atoms with van der Waals surface area (Å²) in [5.74, 6) is 0.324. The number of anilines is 1. The third-order valence-corrected chi connectivity index (χ3v) is 8.01. The molecule has 10 heteroatoms. The molecule has 0 fully saturated rings. The number of nitrogens with zero attached hydrogens (tertiary/aromatic N) is 3. The normalized spacial score (nSPS) is 21.0. The van der Waals surface area contributed by atoms with Crippen molar-refractivity contribution in [3.63, 3.8) is 0 Å². The second kappa shape index (κ2) is 6.30. The Balaban J connectivity index is 1.49. The van der Waals surface area contributed by atoms with Crippen molar-refractivity contribution in [2.45, 2.75) is 50.0 Å². The van der Waals surface area contributed by atoms with Crippen molar-refractivity contribution in [1.82, 2.24) is 9.78 Å². The molecular formula is C18H20BrN5O3S. The second-order valence-electron chi connectivity index (χ2n) is 7.47. The van der Waals surface area contributed by atoms with Crippen LogP contribution in [0.5, 0.6) is 5.88 Å². The summed E-state index contributed by atoms with van der Waals surface area (Å²) < 4.78 is 25.1. The second-order valence-corrected chi connectivity index (χ2v) is 10.0. The van der Waals surface area contributed by atoms with Gasteiger partial charge in [0.15, 0.2) is 9.92 Å². The number of halogens is 1. The number of urea groups is 1. The molecule has 0 saturated carbocycles. The number of carbonyl (C=O) groups excluding carboxylic acids is 1. The summed E-state index contributed by atoms with van der Waals surface area (Å²) in [6, 6.07) is -0.680. The quantitative estimate of drug-likeness (QED) is 0.708. The van der Waals surface area contributed by atoms with Crippen LogP contribution in [0.25, 0.3) is 0 Å². The molecule has 2 atom stereocenters. The monoisotopic (exact) mass is 465 g/mol. The molecule has 0 spiro atoms. The molecule has 1 aromatic carbocycles. The van der Waals surface area contributed by atoms with Crippen LogP contribution in [0.15, 0.2) is 19.9 Å². The Kier molecular flexibility index (Phi) is 4.08. The number of aromatic nitrogens is 2. The fourth-order valence-corrected chi connectivity index (χ4v) is 6.10. The van der Waals surface area contributed by atoms with Crippen LogP contribution < -0.4 is 15.2 Å². The minimum absolute atomic E-state index is 0.0250. The van der Waals surface area contributed by atoms with Crippen LogP contribution in [-0.2, 0) is 35.6 Å². The third-order valence-electron chi connectivity index (χ3n) is 5.70. The number of nitrogens with one attached hydrogen (secondary N) is 1. The number of benzene rings is 1. The first-order valence-corrected chi connectivity index (χ1v) is 11.6. The molecule has 3 aliphatic rings. The Bertz CT molecular complexity index is 1150. The molecule has 3 N–H and O–H groups in total. The summed E-state index contributed by atoms with van der Waals surface area (Å²) >= 11 is 3.72. The molecule has 148 valence electrons. The number of amides is 2. The van der Waals surface area contributed by atoms with Crippen LogP contribution in [0.2, 0.25) is 0 Å². The minimum atomic E-state index is -3.47. The lowest BCUT2D eigenvalue weighted by atomic mass is 9.83. The van der Waals surface area contributed by atoms with E-state index in [1.807, 2.05) is 6.92 Å². The van der Waals surface area contributed by atoms with Gasteiger partial charge in [-0.15, -0.1) is 4.36 Å². The van der Waals surface area contributed by atoms with Crippen LogP contribution in [0.3, 0.4) is 0 Å². The summed E-state index contributed by atoms with van der Waals surface area (Å²) in [4.78, 5) is 12.8. The Labute approximate surface area is 171 Å². The summed E-state index contributed by atoms with van der Waals surface area (Å²) in [6.45, 7) is 2.36. The van der Waals surface area contributed by atoms with E-state index in [1.165, 1.54) is 21.8 Å². The number of ether oxygens (including phenoxy) is 1. The molecule has 1 aromatic heterocycles. The van der Waals surface area contributed by atoms with E-state index in [9.17, 15) is 9.00 Å². The molecule has 0 radical (unpaired) electrons. The topological polar surface area (TPSA) is 112 Å². The van der Waals surface area contributed by atoms with Gasteiger partial charge in [-0.3, -0.25) is 0 Å². The van der Waals surface area contributed by atoms with Gasteiger partial charge in [0.1, 0.15) is 11.5 Å².